The van der Waals surface area contributed by atoms with Gasteiger partial charge in [-0.3, -0.25) is 47.9 Å². The second kappa shape index (κ2) is 46.8. The van der Waals surface area contributed by atoms with E-state index >= 15 is 0 Å². The number of aromatic hydroxyl groups is 1. The molecule has 130 heavy (non-hydrogen) atoms. The predicted octanol–water partition coefficient (Wildman–Crippen LogP) is 10.4. The minimum absolute atomic E-state index is 0.0167. The topological polar surface area (TPSA) is 392 Å². The van der Waals surface area contributed by atoms with E-state index in [4.69, 9.17) is 33.2 Å². The van der Waals surface area contributed by atoms with Crippen molar-refractivity contribution in [3.05, 3.63) is 362 Å². The van der Waals surface area contributed by atoms with E-state index in [-0.39, 0.29) is 121 Å². The number of aliphatic hydroxyl groups is 1. The molecule has 0 fully saturated rings. The molecule has 0 aliphatic carbocycles. The number of nitrogens with one attached hydrogen (secondary N) is 1. The number of ether oxygens (including phenoxy) is 7. The molecular weight excluding hydrogens is 1670 g/mol. The Morgan fingerprint density at radius 2 is 0.685 bits per heavy atom. The number of carboxylic acid groups (broad SMARTS) is 2. The number of rotatable bonds is 36. The number of nitrogens with zero attached hydrogens (tertiary/aromatic N) is 7. The highest BCUT2D eigenvalue weighted by atomic mass is 16.5. The van der Waals surface area contributed by atoms with Crippen LogP contribution in [0.3, 0.4) is 0 Å². The van der Waals surface area contributed by atoms with Crippen molar-refractivity contribution >= 4 is 47.1 Å². The van der Waals surface area contributed by atoms with Gasteiger partial charge in [0.25, 0.3) is 23.6 Å². The van der Waals surface area contributed by atoms with Crippen LogP contribution >= 0.6 is 0 Å². The average molecular weight is 1770 g/mol. The molecule has 0 saturated carbocycles. The van der Waals surface area contributed by atoms with Crippen molar-refractivity contribution in [2.45, 2.75) is 83.5 Å². The van der Waals surface area contributed by atoms with Gasteiger partial charge in [0.05, 0.1) is 68.3 Å². The van der Waals surface area contributed by atoms with Crippen LogP contribution < -0.4 is 41.2 Å². The number of carbonyl (C=O) groups is 8. The number of methoxy groups -OCH3 is 4. The highest BCUT2D eigenvalue weighted by Crippen LogP contribution is 2.35. The molecule has 31 heteroatoms. The first-order valence-electron chi connectivity index (χ1n) is 42.1. The summed E-state index contributed by atoms with van der Waals surface area (Å²) in [5.41, 5.74) is 2.28. The summed E-state index contributed by atoms with van der Waals surface area (Å²) in [5.74, 6) is -6.81. The molecule has 11 aromatic rings. The van der Waals surface area contributed by atoms with E-state index in [0.29, 0.717) is 84.8 Å². The van der Waals surface area contributed by atoms with Crippen molar-refractivity contribution in [3.63, 3.8) is 0 Å². The van der Waals surface area contributed by atoms with E-state index in [1.54, 1.807) is 33.2 Å². The Kier molecular flexibility index (Phi) is 34.6. The molecule has 0 radical (unpaired) electrons. The number of fused-ring (bicyclic) bond motifs is 3. The van der Waals surface area contributed by atoms with Gasteiger partial charge in [-0.2, -0.15) is 0 Å². The molecular formula is C99H104N8O23. The van der Waals surface area contributed by atoms with Crippen LogP contribution in [0, 0.1) is 0 Å². The molecule has 0 spiro atoms. The monoisotopic (exact) mass is 1770 g/mol. The molecule has 14 rings (SSSR count). The summed E-state index contributed by atoms with van der Waals surface area (Å²) in [6.07, 6.45) is 7.34. The van der Waals surface area contributed by atoms with Crippen molar-refractivity contribution in [1.29, 1.82) is 0 Å². The van der Waals surface area contributed by atoms with Gasteiger partial charge in [-0.25, -0.2) is 9.59 Å². The second-order valence-corrected chi connectivity index (χ2v) is 30.9. The van der Waals surface area contributed by atoms with Gasteiger partial charge >= 0.3 is 11.9 Å². The second-order valence-electron chi connectivity index (χ2n) is 30.9. The molecule has 3 aliphatic rings. The number of aromatic carboxylic acids is 2. The number of aliphatic hydroxyl groups excluding tert-OH is 1. The van der Waals surface area contributed by atoms with Crippen molar-refractivity contribution in [2.24, 2.45) is 0 Å². The number of hydrogen-bond acceptors (Lipinski definition) is 21. The summed E-state index contributed by atoms with van der Waals surface area (Å²) in [5, 5.41) is 42.3. The Morgan fingerprint density at radius 1 is 0.385 bits per heavy atom. The third kappa shape index (κ3) is 24.2. The summed E-state index contributed by atoms with van der Waals surface area (Å²) in [7, 11) is 6.18. The van der Waals surface area contributed by atoms with Crippen LogP contribution in [0.4, 0.5) is 0 Å². The fourth-order valence-electron chi connectivity index (χ4n) is 15.4. The lowest BCUT2D eigenvalue weighted by Crippen LogP contribution is -2.47. The number of pyridine rings is 4. The maximum Gasteiger partial charge on any atom is 0.341 e. The maximum absolute atomic E-state index is 13.5. The molecule has 4 atom stereocenters. The molecule has 4 amide bonds. The van der Waals surface area contributed by atoms with E-state index in [2.05, 4.69) is 5.32 Å². The number of ketones is 2. The SMILES string of the molecule is COCCN1C[C@H](Cc2ccccc2)n2cc(C(=O)O)c(=O)c(O)c2C1=O.COCCN1C[C@H](Cc2ccccc2)n2cc(C(=O)O)c(=O)c(OCc3ccccc3)c2C1=O.COCCN1C[C@H](Cc2ccccc2)n2cc(C(C)=O)c(=O)c(OCc3ccccc3)c2C1=O.COCCNC(=O)c1c(OCc2ccccc2)c(=O)c(C(C)=O)cn1[C@H](CO)Cc1ccccc1. The lowest BCUT2D eigenvalue weighted by molar-refractivity contribution is 0.0580. The van der Waals surface area contributed by atoms with Crippen LogP contribution in [0.1, 0.15) is 160 Å². The van der Waals surface area contributed by atoms with Gasteiger partial charge in [-0.05, 0) is 78.5 Å². The Hall–Kier alpha value is -14.5. The highest BCUT2D eigenvalue weighted by molar-refractivity contribution is 6.01. The summed E-state index contributed by atoms with van der Waals surface area (Å²) in [6, 6.07) is 65.0. The molecule has 7 heterocycles. The van der Waals surface area contributed by atoms with Crippen LogP contribution in [0.2, 0.25) is 0 Å². The van der Waals surface area contributed by atoms with Gasteiger partial charge in [0.15, 0.2) is 57.3 Å². The Balaban J connectivity index is 0.000000168. The van der Waals surface area contributed by atoms with Crippen molar-refractivity contribution in [3.8, 4) is 23.0 Å². The van der Waals surface area contributed by atoms with Crippen LogP contribution in [-0.4, -0.2) is 208 Å². The maximum atomic E-state index is 13.5. The quantitative estimate of drug-likeness (QED) is 0.0180. The zero-order valence-corrected chi connectivity index (χ0v) is 72.9. The minimum atomic E-state index is -1.45. The number of Topliss-reactive ketones (excluding diaryl/α,β-unsaturated/α-hetero) is 2. The molecule has 31 nitrogen and oxygen atoms in total. The lowest BCUT2D eigenvalue weighted by atomic mass is 10.0. The first-order valence-corrected chi connectivity index (χ1v) is 42.1. The zero-order chi connectivity index (χ0) is 92.9. The van der Waals surface area contributed by atoms with E-state index in [1.165, 1.54) is 60.7 Å². The Bertz CT molecular complexity index is 5820. The summed E-state index contributed by atoms with van der Waals surface area (Å²) in [4.78, 5) is 158. The Morgan fingerprint density at radius 3 is 1.03 bits per heavy atom. The number of benzene rings is 7. The van der Waals surface area contributed by atoms with Gasteiger partial charge in [0.2, 0.25) is 21.7 Å². The predicted molar refractivity (Wildman–Crippen MR) is 482 cm³/mol. The first kappa shape index (κ1) is 96.1. The normalized spacial score (nSPS) is 14.4. The van der Waals surface area contributed by atoms with Gasteiger partial charge < -0.3 is 91.9 Å². The average Bonchev–Trinajstić information content (AvgIpc) is 0.593. The van der Waals surface area contributed by atoms with Crippen molar-refractivity contribution in [1.82, 2.24) is 38.3 Å². The third-order valence-electron chi connectivity index (χ3n) is 22.0. The summed E-state index contributed by atoms with van der Waals surface area (Å²) >= 11 is 0. The van der Waals surface area contributed by atoms with E-state index in [9.17, 15) is 78.0 Å². The van der Waals surface area contributed by atoms with Gasteiger partial charge in [-0.1, -0.05) is 212 Å². The standard InChI is InChI=1S/C27H30N2O6.C27H28N2O5.C26H26N2O6.C19H20N2O6/c1-19(31)23-16-29(22(17-30)15-20-9-5-3-6-10-20)24(27(33)28-13-14-34-2)26(25(23)32)35-18-21-11-7-4-8-12-21;1-19(30)23-17-29-22(15-20-9-5-3-6-10-20)16-28(13-14-33-2)27(32)24(29)26(25(23)31)34-18-21-11-7-4-8-12-21;1-33-13-12-27-15-20(14-18-8-4-2-5-9-18)28-16-21(26(31)32)23(29)24(22(28)25(27)30)34-17-19-10-6-3-7-11-19;1-27-8-7-20-10-13(9-12-5-3-2-4-6-12)21-11-14(19(25)26)16(22)17(23)15(21)18(20)24/h3-12,16,22,30H,13-15,17-18H2,1-2H3,(H,28,33);3-12,17,22H,13-16,18H2,1-2H3;2-11,16,20H,12-15,17H2,1H3,(H,31,32);2-6,11,13,23H,7-10H2,1H3,(H,25,26)/t2*22-;20-;13-/m0000/s1. The van der Waals surface area contributed by atoms with Crippen molar-refractivity contribution in [2.75, 3.05) is 107 Å². The van der Waals surface area contributed by atoms with Crippen LogP contribution in [0.15, 0.2) is 256 Å². The van der Waals surface area contributed by atoms with Crippen molar-refractivity contribution < 1.29 is 91.9 Å². The van der Waals surface area contributed by atoms with Gasteiger partial charge in [0.1, 0.15) is 30.9 Å². The zero-order valence-electron chi connectivity index (χ0n) is 72.9. The summed E-state index contributed by atoms with van der Waals surface area (Å²) in [6.45, 7) is 6.10. The molecule has 4 aromatic heterocycles. The van der Waals surface area contributed by atoms with Crippen LogP contribution in [-0.2, 0) is 64.5 Å². The van der Waals surface area contributed by atoms with E-state index in [0.717, 1.165) is 45.1 Å². The fraction of sp³-hybridized carbons (Fsp3) is 0.293. The molecule has 0 saturated heterocycles. The lowest BCUT2D eigenvalue weighted by Gasteiger charge is -2.37. The molecule has 0 unspecified atom stereocenters. The molecule has 0 bridgehead atoms. The number of carbonyl (C=O) groups excluding carboxylic acids is 6. The summed E-state index contributed by atoms with van der Waals surface area (Å²) < 4.78 is 44.4. The highest BCUT2D eigenvalue weighted by Gasteiger charge is 2.40. The van der Waals surface area contributed by atoms with Crippen LogP contribution in [0.5, 0.6) is 23.0 Å². The minimum Gasteiger partial charge on any atom is -0.503 e. The number of carboxylic acids is 2. The fourth-order valence-corrected chi connectivity index (χ4v) is 15.4. The third-order valence-corrected chi connectivity index (χ3v) is 22.0. The molecule has 3 aliphatic heterocycles. The molecule has 7 aromatic carbocycles. The molecule has 678 valence electrons. The van der Waals surface area contributed by atoms with E-state index in [1.807, 2.05) is 212 Å². The Labute approximate surface area is 749 Å². The smallest absolute Gasteiger partial charge is 0.341 e. The number of aromatic nitrogens is 4. The molecule has 5 N–H and O–H groups in total. The van der Waals surface area contributed by atoms with Gasteiger partial charge in [0, 0.05) is 99.0 Å². The largest absolute Gasteiger partial charge is 0.503 e. The van der Waals surface area contributed by atoms with Crippen LogP contribution in [0.25, 0.3) is 0 Å². The number of hydrogen-bond donors (Lipinski definition) is 5. The van der Waals surface area contributed by atoms with E-state index < -0.39 is 80.1 Å². The van der Waals surface area contributed by atoms with Gasteiger partial charge in [-0.15, -0.1) is 0 Å². The number of amides is 4. The first-order chi connectivity index (χ1) is 62.9.